The van der Waals surface area contributed by atoms with Crippen molar-refractivity contribution < 1.29 is 28.0 Å². The van der Waals surface area contributed by atoms with Crippen LogP contribution in [0, 0.1) is 0 Å². The summed E-state index contributed by atoms with van der Waals surface area (Å²) >= 11 is 0. The highest BCUT2D eigenvalue weighted by atomic mass is 19.4. The second-order valence-electron chi connectivity index (χ2n) is 5.46. The molecule has 0 saturated heterocycles. The van der Waals surface area contributed by atoms with Crippen LogP contribution >= 0.6 is 0 Å². The predicted octanol–water partition coefficient (Wildman–Crippen LogP) is 2.30. The van der Waals surface area contributed by atoms with Gasteiger partial charge in [-0.05, 0) is 24.5 Å². The molecular formula is C16H17F3N2O3. The molecule has 0 unspecified atom stereocenters. The molecule has 1 aromatic carbocycles. The fourth-order valence-electron chi connectivity index (χ4n) is 2.47. The average molecular weight is 342 g/mol. The number of nitrogens with zero attached hydrogens (tertiary/aromatic N) is 1. The molecule has 2 N–H and O–H groups in total. The quantitative estimate of drug-likeness (QED) is 0.616. The van der Waals surface area contributed by atoms with Crippen LogP contribution in [0.25, 0.3) is 0 Å². The van der Waals surface area contributed by atoms with Gasteiger partial charge in [0.1, 0.15) is 0 Å². The van der Waals surface area contributed by atoms with Gasteiger partial charge in [-0.25, -0.2) is 5.48 Å². The molecule has 1 aliphatic heterocycles. The molecule has 0 aliphatic carbocycles. The van der Waals surface area contributed by atoms with Gasteiger partial charge in [-0.1, -0.05) is 24.3 Å². The normalized spacial score (nSPS) is 14.8. The van der Waals surface area contributed by atoms with Gasteiger partial charge in [0.15, 0.2) is 0 Å². The average Bonchev–Trinajstić information content (AvgIpc) is 2.90. The van der Waals surface area contributed by atoms with Crippen molar-refractivity contribution in [2.45, 2.75) is 25.4 Å². The second-order valence-corrected chi connectivity index (χ2v) is 5.46. The Morgan fingerprint density at radius 2 is 2.04 bits per heavy atom. The van der Waals surface area contributed by atoms with Crippen molar-refractivity contribution in [2.75, 3.05) is 13.1 Å². The van der Waals surface area contributed by atoms with Crippen molar-refractivity contribution in [3.05, 3.63) is 47.0 Å². The fraction of sp³-hybridized carbons (Fsp3) is 0.375. The first-order valence-electron chi connectivity index (χ1n) is 7.38. The molecule has 0 aromatic heterocycles. The molecule has 0 fully saturated rings. The minimum absolute atomic E-state index is 0.00442. The lowest BCUT2D eigenvalue weighted by Gasteiger charge is -2.17. The molecule has 2 amide bonds. The van der Waals surface area contributed by atoms with Crippen LogP contribution in [0.1, 0.15) is 24.0 Å². The number of halogens is 3. The molecular weight excluding hydrogens is 325 g/mol. The first-order chi connectivity index (χ1) is 11.3. The van der Waals surface area contributed by atoms with Gasteiger partial charge in [-0.15, -0.1) is 0 Å². The third kappa shape index (κ3) is 4.58. The SMILES string of the molecule is O=C(CCC1=CCN(CCc2cccc(C(F)(F)F)c2)C1=O)NO. The molecule has 0 radical (unpaired) electrons. The Morgan fingerprint density at radius 1 is 1.29 bits per heavy atom. The van der Waals surface area contributed by atoms with Crippen LogP contribution in [0.3, 0.4) is 0 Å². The van der Waals surface area contributed by atoms with E-state index in [1.165, 1.54) is 16.4 Å². The minimum Gasteiger partial charge on any atom is -0.335 e. The molecule has 0 saturated carbocycles. The summed E-state index contributed by atoms with van der Waals surface area (Å²) in [6.07, 6.45) is -2.17. The van der Waals surface area contributed by atoms with E-state index in [0.717, 1.165) is 12.1 Å². The Hall–Kier alpha value is -2.35. The summed E-state index contributed by atoms with van der Waals surface area (Å²) in [5.74, 6) is -0.807. The molecule has 1 aliphatic rings. The molecule has 0 atom stereocenters. The molecule has 1 heterocycles. The van der Waals surface area contributed by atoms with E-state index in [0.29, 0.717) is 30.6 Å². The molecule has 0 spiro atoms. The van der Waals surface area contributed by atoms with Crippen LogP contribution in [-0.4, -0.2) is 35.0 Å². The van der Waals surface area contributed by atoms with Gasteiger partial charge >= 0.3 is 6.18 Å². The summed E-state index contributed by atoms with van der Waals surface area (Å²) in [5.41, 5.74) is 1.77. The van der Waals surface area contributed by atoms with Crippen LogP contribution in [0.4, 0.5) is 13.2 Å². The number of carbonyl (C=O) groups excluding carboxylic acids is 2. The van der Waals surface area contributed by atoms with E-state index >= 15 is 0 Å². The molecule has 1 aromatic rings. The number of hydrogen-bond acceptors (Lipinski definition) is 3. The number of alkyl halides is 3. The number of amides is 2. The van der Waals surface area contributed by atoms with Crippen LogP contribution in [0.2, 0.25) is 0 Å². The lowest BCUT2D eigenvalue weighted by molar-refractivity contribution is -0.137. The number of hydrogen-bond donors (Lipinski definition) is 2. The zero-order valence-corrected chi connectivity index (χ0v) is 12.8. The highest BCUT2D eigenvalue weighted by Crippen LogP contribution is 2.29. The Balaban J connectivity index is 1.88. The number of carbonyl (C=O) groups is 2. The molecule has 0 bridgehead atoms. The maximum absolute atomic E-state index is 12.7. The Kier molecular flexibility index (Phi) is 5.61. The van der Waals surface area contributed by atoms with Gasteiger partial charge in [-0.3, -0.25) is 14.8 Å². The largest absolute Gasteiger partial charge is 0.416 e. The molecule has 5 nitrogen and oxygen atoms in total. The van der Waals surface area contributed by atoms with Crippen molar-refractivity contribution in [2.24, 2.45) is 0 Å². The fourth-order valence-corrected chi connectivity index (χ4v) is 2.47. The van der Waals surface area contributed by atoms with Crippen LogP contribution < -0.4 is 5.48 Å². The van der Waals surface area contributed by atoms with E-state index in [2.05, 4.69) is 0 Å². The van der Waals surface area contributed by atoms with Gasteiger partial charge in [0, 0.05) is 25.1 Å². The second kappa shape index (κ2) is 7.48. The zero-order chi connectivity index (χ0) is 17.7. The van der Waals surface area contributed by atoms with E-state index in [9.17, 15) is 22.8 Å². The first-order valence-corrected chi connectivity index (χ1v) is 7.38. The van der Waals surface area contributed by atoms with Crippen molar-refractivity contribution in [3.8, 4) is 0 Å². The van der Waals surface area contributed by atoms with E-state index in [-0.39, 0.29) is 18.7 Å². The number of benzene rings is 1. The highest BCUT2D eigenvalue weighted by Gasteiger charge is 2.30. The zero-order valence-electron chi connectivity index (χ0n) is 12.8. The van der Waals surface area contributed by atoms with Crippen LogP contribution in [0.15, 0.2) is 35.9 Å². The number of nitrogens with one attached hydrogen (secondary N) is 1. The molecule has 130 valence electrons. The number of hydroxylamine groups is 1. The summed E-state index contributed by atoms with van der Waals surface area (Å²) in [5, 5.41) is 8.42. The summed E-state index contributed by atoms with van der Waals surface area (Å²) in [6.45, 7) is 0.667. The molecule has 24 heavy (non-hydrogen) atoms. The standard InChI is InChI=1S/C16H17F3N2O3/c17-16(18,19)13-3-1-2-11(10-13)6-8-21-9-7-12(15(21)23)4-5-14(22)20-24/h1-3,7,10,24H,4-6,8-9H2,(H,20,22). The van der Waals surface area contributed by atoms with E-state index in [1.807, 2.05) is 0 Å². The maximum Gasteiger partial charge on any atom is 0.416 e. The Bertz CT molecular complexity index is 656. The summed E-state index contributed by atoms with van der Waals surface area (Å²) < 4.78 is 38.0. The lowest BCUT2D eigenvalue weighted by Crippen LogP contribution is -2.29. The minimum atomic E-state index is -4.39. The number of rotatable bonds is 6. The predicted molar refractivity (Wildman–Crippen MR) is 79.0 cm³/mol. The van der Waals surface area contributed by atoms with E-state index < -0.39 is 17.6 Å². The van der Waals surface area contributed by atoms with Gasteiger partial charge in [0.2, 0.25) is 11.8 Å². The van der Waals surface area contributed by atoms with Gasteiger partial charge in [0.05, 0.1) is 5.56 Å². The molecule has 2 rings (SSSR count). The van der Waals surface area contributed by atoms with Crippen molar-refractivity contribution in [1.82, 2.24) is 10.4 Å². The first kappa shape index (κ1) is 18.0. The Morgan fingerprint density at radius 3 is 2.71 bits per heavy atom. The topological polar surface area (TPSA) is 69.6 Å². The van der Waals surface area contributed by atoms with Crippen molar-refractivity contribution in [1.29, 1.82) is 0 Å². The van der Waals surface area contributed by atoms with E-state index in [1.54, 1.807) is 12.1 Å². The van der Waals surface area contributed by atoms with Gasteiger partial charge in [0.25, 0.3) is 0 Å². The lowest BCUT2D eigenvalue weighted by atomic mass is 10.1. The van der Waals surface area contributed by atoms with Crippen molar-refractivity contribution in [3.63, 3.8) is 0 Å². The third-order valence-corrected chi connectivity index (χ3v) is 3.79. The smallest absolute Gasteiger partial charge is 0.335 e. The Labute approximate surface area is 136 Å². The summed E-state index contributed by atoms with van der Waals surface area (Å²) in [7, 11) is 0. The molecule has 8 heteroatoms. The third-order valence-electron chi connectivity index (χ3n) is 3.79. The van der Waals surface area contributed by atoms with Crippen LogP contribution in [-0.2, 0) is 22.2 Å². The maximum atomic E-state index is 12.7. The van der Waals surface area contributed by atoms with Crippen molar-refractivity contribution >= 4 is 11.8 Å². The monoisotopic (exact) mass is 342 g/mol. The summed E-state index contributed by atoms with van der Waals surface area (Å²) in [6, 6.07) is 5.04. The van der Waals surface area contributed by atoms with Gasteiger partial charge in [-0.2, -0.15) is 13.2 Å². The highest BCUT2D eigenvalue weighted by molar-refractivity contribution is 5.96. The van der Waals surface area contributed by atoms with Gasteiger partial charge < -0.3 is 4.90 Å². The van der Waals surface area contributed by atoms with Crippen LogP contribution in [0.5, 0.6) is 0 Å². The summed E-state index contributed by atoms with van der Waals surface area (Å²) in [4.78, 5) is 24.6. The van der Waals surface area contributed by atoms with E-state index in [4.69, 9.17) is 5.21 Å².